The van der Waals surface area contributed by atoms with Gasteiger partial charge in [0.05, 0.1) is 12.2 Å². The predicted molar refractivity (Wildman–Crippen MR) is 61.2 cm³/mol. The van der Waals surface area contributed by atoms with E-state index in [1.165, 1.54) is 30.6 Å². The van der Waals surface area contributed by atoms with E-state index in [0.29, 0.717) is 11.1 Å². The smallest absolute Gasteiger partial charge is 0.406 e. The summed E-state index contributed by atoms with van der Waals surface area (Å²) in [5.41, 5.74) is 7.09. The van der Waals surface area contributed by atoms with Gasteiger partial charge in [0.15, 0.2) is 0 Å². The van der Waals surface area contributed by atoms with Crippen LogP contribution in [0.15, 0.2) is 42.7 Å². The van der Waals surface area contributed by atoms with Crippen molar-refractivity contribution in [1.82, 2.24) is 10.2 Å². The van der Waals surface area contributed by atoms with Crippen LogP contribution in [0.3, 0.4) is 0 Å². The highest BCUT2D eigenvalue weighted by atomic mass is 19.4. The van der Waals surface area contributed by atoms with Gasteiger partial charge in [-0.1, -0.05) is 12.1 Å². The second-order valence-electron chi connectivity index (χ2n) is 3.77. The summed E-state index contributed by atoms with van der Waals surface area (Å²) in [6, 6.07) is 6.59. The van der Waals surface area contributed by atoms with E-state index in [-0.39, 0.29) is 5.75 Å². The molecule has 100 valence electrons. The molecule has 1 heterocycles. The van der Waals surface area contributed by atoms with Crippen LogP contribution < -0.4 is 10.5 Å². The molecular weight excluding hydrogens is 259 g/mol. The number of hydrogen-bond acceptors (Lipinski definition) is 4. The molecule has 2 N–H and O–H groups in total. The molecule has 19 heavy (non-hydrogen) atoms. The average Bonchev–Trinajstić information content (AvgIpc) is 2.37. The minimum atomic E-state index is -4.72. The van der Waals surface area contributed by atoms with Crippen molar-refractivity contribution in [3.63, 3.8) is 0 Å². The second kappa shape index (κ2) is 5.23. The number of nitrogens with zero attached hydrogens (tertiary/aromatic N) is 2. The molecular formula is C12H10F3N3O. The average molecular weight is 269 g/mol. The molecule has 0 aliphatic carbocycles. The lowest BCUT2D eigenvalue weighted by atomic mass is 10.0. The van der Waals surface area contributed by atoms with Gasteiger partial charge in [-0.2, -0.15) is 10.2 Å². The fourth-order valence-electron chi connectivity index (χ4n) is 1.58. The maximum Gasteiger partial charge on any atom is 0.573 e. The first-order valence-electron chi connectivity index (χ1n) is 5.33. The SMILES string of the molecule is NC(c1ccnnc1)c1cccc(OC(F)(F)F)c1. The molecule has 0 amide bonds. The third-order valence-electron chi connectivity index (χ3n) is 2.42. The lowest BCUT2D eigenvalue weighted by Gasteiger charge is -2.14. The predicted octanol–water partition coefficient (Wildman–Crippen LogP) is 2.42. The Balaban J connectivity index is 2.24. The van der Waals surface area contributed by atoms with Gasteiger partial charge in [0.1, 0.15) is 5.75 Å². The van der Waals surface area contributed by atoms with E-state index in [2.05, 4.69) is 14.9 Å². The summed E-state index contributed by atoms with van der Waals surface area (Å²) in [5, 5.41) is 7.28. The number of ether oxygens (including phenoxy) is 1. The molecule has 1 atom stereocenters. The van der Waals surface area contributed by atoms with E-state index in [1.54, 1.807) is 12.1 Å². The maximum absolute atomic E-state index is 12.1. The van der Waals surface area contributed by atoms with Crippen LogP contribution in [0.4, 0.5) is 13.2 Å². The molecule has 0 bridgehead atoms. The molecule has 0 saturated heterocycles. The van der Waals surface area contributed by atoms with Gasteiger partial charge in [0, 0.05) is 6.20 Å². The van der Waals surface area contributed by atoms with Gasteiger partial charge >= 0.3 is 6.36 Å². The van der Waals surface area contributed by atoms with Crippen LogP contribution >= 0.6 is 0 Å². The Kier molecular flexibility index (Phi) is 3.66. The van der Waals surface area contributed by atoms with Crippen molar-refractivity contribution in [2.24, 2.45) is 5.73 Å². The molecule has 4 nitrogen and oxygen atoms in total. The zero-order valence-electron chi connectivity index (χ0n) is 9.63. The molecule has 0 aliphatic heterocycles. The Morgan fingerprint density at radius 1 is 1.11 bits per heavy atom. The number of aromatic nitrogens is 2. The van der Waals surface area contributed by atoms with E-state index < -0.39 is 12.4 Å². The molecule has 0 spiro atoms. The van der Waals surface area contributed by atoms with Crippen molar-refractivity contribution < 1.29 is 17.9 Å². The highest BCUT2D eigenvalue weighted by molar-refractivity contribution is 5.35. The standard InChI is InChI=1S/C12H10F3N3O/c13-12(14,15)19-10-3-1-2-8(6-10)11(16)9-4-5-17-18-7-9/h1-7,11H,16H2. The number of rotatable bonds is 3. The second-order valence-corrected chi connectivity index (χ2v) is 3.77. The largest absolute Gasteiger partial charge is 0.573 e. The number of nitrogens with two attached hydrogens (primary N) is 1. The molecule has 0 radical (unpaired) electrons. The molecule has 7 heteroatoms. The summed E-state index contributed by atoms with van der Waals surface area (Å²) in [4.78, 5) is 0. The monoisotopic (exact) mass is 269 g/mol. The molecule has 1 aromatic heterocycles. The zero-order valence-corrected chi connectivity index (χ0v) is 9.63. The van der Waals surface area contributed by atoms with E-state index in [1.807, 2.05) is 0 Å². The first kappa shape index (κ1) is 13.3. The van der Waals surface area contributed by atoms with E-state index in [4.69, 9.17) is 5.73 Å². The molecule has 0 saturated carbocycles. The normalized spacial score (nSPS) is 13.1. The first-order valence-corrected chi connectivity index (χ1v) is 5.33. The van der Waals surface area contributed by atoms with Gasteiger partial charge in [0.2, 0.25) is 0 Å². The minimum Gasteiger partial charge on any atom is -0.406 e. The number of alkyl halides is 3. The molecule has 0 fully saturated rings. The summed E-state index contributed by atoms with van der Waals surface area (Å²) in [5.74, 6) is -0.303. The van der Waals surface area contributed by atoms with Gasteiger partial charge < -0.3 is 10.5 Å². The Hall–Kier alpha value is -2.15. The van der Waals surface area contributed by atoms with Crippen LogP contribution in [0.25, 0.3) is 0 Å². The highest BCUT2D eigenvalue weighted by Gasteiger charge is 2.31. The highest BCUT2D eigenvalue weighted by Crippen LogP contribution is 2.26. The van der Waals surface area contributed by atoms with Crippen molar-refractivity contribution in [1.29, 1.82) is 0 Å². The van der Waals surface area contributed by atoms with Crippen LogP contribution in [0.5, 0.6) is 5.75 Å². The molecule has 0 aliphatic rings. The van der Waals surface area contributed by atoms with Gasteiger partial charge in [-0.3, -0.25) is 0 Å². The van der Waals surface area contributed by atoms with E-state index in [9.17, 15) is 13.2 Å². The Bertz CT molecular complexity index is 545. The lowest BCUT2D eigenvalue weighted by molar-refractivity contribution is -0.274. The van der Waals surface area contributed by atoms with Crippen LogP contribution in [-0.4, -0.2) is 16.6 Å². The van der Waals surface area contributed by atoms with E-state index >= 15 is 0 Å². The molecule has 2 aromatic rings. The van der Waals surface area contributed by atoms with Crippen LogP contribution in [0, 0.1) is 0 Å². The fourth-order valence-corrected chi connectivity index (χ4v) is 1.58. The van der Waals surface area contributed by atoms with Crippen molar-refractivity contribution in [2.45, 2.75) is 12.4 Å². The third kappa shape index (κ3) is 3.65. The summed E-state index contributed by atoms with van der Waals surface area (Å²) >= 11 is 0. The van der Waals surface area contributed by atoms with Crippen molar-refractivity contribution in [3.8, 4) is 5.75 Å². The fraction of sp³-hybridized carbons (Fsp3) is 0.167. The topological polar surface area (TPSA) is 61.0 Å². The van der Waals surface area contributed by atoms with Gasteiger partial charge in [-0.15, -0.1) is 13.2 Å². The van der Waals surface area contributed by atoms with Gasteiger partial charge in [-0.05, 0) is 29.3 Å². The van der Waals surface area contributed by atoms with Gasteiger partial charge in [0.25, 0.3) is 0 Å². The van der Waals surface area contributed by atoms with Gasteiger partial charge in [-0.25, -0.2) is 0 Å². The molecule has 1 unspecified atom stereocenters. The zero-order chi connectivity index (χ0) is 13.9. The van der Waals surface area contributed by atoms with Crippen molar-refractivity contribution in [2.75, 3.05) is 0 Å². The third-order valence-corrected chi connectivity index (χ3v) is 2.42. The van der Waals surface area contributed by atoms with Crippen LogP contribution in [0.1, 0.15) is 17.2 Å². The Morgan fingerprint density at radius 2 is 1.89 bits per heavy atom. The maximum atomic E-state index is 12.1. The minimum absolute atomic E-state index is 0.303. The quantitative estimate of drug-likeness (QED) is 0.929. The molecule has 2 rings (SSSR count). The van der Waals surface area contributed by atoms with Crippen molar-refractivity contribution >= 4 is 0 Å². The number of halogens is 3. The first-order chi connectivity index (χ1) is 8.96. The molecule has 1 aromatic carbocycles. The Morgan fingerprint density at radius 3 is 2.53 bits per heavy atom. The summed E-state index contributed by atoms with van der Waals surface area (Å²) in [6.45, 7) is 0. The summed E-state index contributed by atoms with van der Waals surface area (Å²) < 4.78 is 40.2. The summed E-state index contributed by atoms with van der Waals surface area (Å²) in [7, 11) is 0. The van der Waals surface area contributed by atoms with Crippen LogP contribution in [-0.2, 0) is 0 Å². The Labute approximate surface area is 107 Å². The number of benzene rings is 1. The lowest BCUT2D eigenvalue weighted by Crippen LogP contribution is -2.18. The van der Waals surface area contributed by atoms with Crippen molar-refractivity contribution in [3.05, 3.63) is 53.9 Å². The van der Waals surface area contributed by atoms with Crippen LogP contribution in [0.2, 0.25) is 0 Å². The van der Waals surface area contributed by atoms with E-state index in [0.717, 1.165) is 0 Å². The number of hydrogen-bond donors (Lipinski definition) is 1. The summed E-state index contributed by atoms with van der Waals surface area (Å²) in [6.07, 6.45) is -1.80.